The molecule has 18 valence electrons. The smallest absolute Gasteiger partial charge is 0 e. The third-order valence-electron chi connectivity index (χ3n) is 0. The van der Waals surface area contributed by atoms with Gasteiger partial charge in [-0.15, -0.1) is 0 Å². The number of rotatable bonds is 0. The monoisotopic (exact) mass is 333 g/mol. The summed E-state index contributed by atoms with van der Waals surface area (Å²) in [7, 11) is 0. The van der Waals surface area contributed by atoms with Crippen molar-refractivity contribution in [2.75, 3.05) is 0 Å². The van der Waals surface area contributed by atoms with E-state index in [2.05, 4.69) is 0 Å². The van der Waals surface area contributed by atoms with Gasteiger partial charge < -0.3 is 0 Å². The van der Waals surface area contributed by atoms with E-state index in [4.69, 9.17) is 0 Å². The van der Waals surface area contributed by atoms with E-state index in [1.54, 1.807) is 0 Å². The molecule has 4 heavy (non-hydrogen) atoms. The minimum atomic E-state index is 0. The fraction of sp³-hybridized carbons (Fsp3) is 0. The summed E-state index contributed by atoms with van der Waals surface area (Å²) < 4.78 is 0. The van der Waals surface area contributed by atoms with Crippen LogP contribution >= 0.6 is 0 Å². The molecule has 0 aromatic carbocycles. The second-order valence-corrected chi connectivity index (χ2v) is 0. The van der Waals surface area contributed by atoms with Crippen LogP contribution in [0.2, 0.25) is 0 Å². The molecule has 0 saturated heterocycles. The van der Waals surface area contributed by atoms with E-state index < -0.39 is 0 Å². The summed E-state index contributed by atoms with van der Waals surface area (Å²) in [5.41, 5.74) is 0. The van der Waals surface area contributed by atoms with Crippen molar-refractivity contribution in [3.8, 4) is 0 Å². The molecule has 0 heterocycles. The van der Waals surface area contributed by atoms with Gasteiger partial charge in [-0.3, -0.25) is 0 Å². The first-order valence-corrected chi connectivity index (χ1v) is 0. The molecule has 0 rings (SSSR count). The fourth-order valence-electron chi connectivity index (χ4n) is 0. The zero-order valence-corrected chi connectivity index (χ0v) is 9.66. The average Bonchev–Trinajstić information content (AvgIpc) is 0. The van der Waals surface area contributed by atoms with E-state index in [9.17, 15) is 0 Å². The largest absolute Gasteiger partial charge is 0 e. The molecule has 0 aliphatic carbocycles. The van der Waals surface area contributed by atoms with Gasteiger partial charge in [-0.05, 0) is 0 Å². The summed E-state index contributed by atoms with van der Waals surface area (Å²) in [6.45, 7) is 0. The second-order valence-electron chi connectivity index (χ2n) is 0. The molecule has 0 atom stereocenters. The number of nitrogens with zero attached hydrogens (tertiary/aromatic N) is 1. The quantitative estimate of drug-likeness (QED) is 0.479. The van der Waals surface area contributed by atoms with Gasteiger partial charge in [0.2, 0.25) is 0 Å². The van der Waals surface area contributed by atoms with Gasteiger partial charge >= 0.3 is 0 Å². The molecule has 12 radical (unpaired) electrons. The Labute approximate surface area is 72.4 Å². The molecular weight excluding hydrogens is 329 g/mol. The summed E-state index contributed by atoms with van der Waals surface area (Å²) in [5, 5.41) is 0. The molecule has 0 fully saturated rings. The topological polar surface area (TPSA) is 30.5 Å². The summed E-state index contributed by atoms with van der Waals surface area (Å²) in [6, 6.07) is 0. The van der Waals surface area contributed by atoms with Gasteiger partial charge in [0.15, 0.2) is 0 Å². The number of hydrogen-bond acceptors (Lipinski definition) is 0. The van der Waals surface area contributed by atoms with Crippen LogP contribution in [-0.4, -0.2) is 67.1 Å². The summed E-state index contributed by atoms with van der Waals surface area (Å²) in [6.07, 6.45) is 0. The van der Waals surface area contributed by atoms with Crippen molar-refractivity contribution in [2.45, 2.75) is 0 Å². The Morgan fingerprint density at radius 2 is 1.00 bits per heavy atom. The van der Waals surface area contributed by atoms with E-state index in [0.29, 0.717) is 0 Å². The van der Waals surface area contributed by atoms with Crippen molar-refractivity contribution in [3.63, 3.8) is 0 Å². The molecule has 0 N–H and O–H groups in total. The molecule has 0 aromatic heterocycles. The third kappa shape index (κ3) is 8.90. The Hall–Kier alpha value is 2.16. The molecule has 0 bridgehead atoms. The van der Waals surface area contributed by atoms with Crippen LogP contribution in [0.1, 0.15) is 0 Å². The van der Waals surface area contributed by atoms with Crippen LogP contribution in [0.15, 0.2) is 0 Å². The van der Waals surface area contributed by atoms with Crippen molar-refractivity contribution >= 4 is 67.1 Å². The van der Waals surface area contributed by atoms with Gasteiger partial charge in [0.25, 0.3) is 0 Å². The fourth-order valence-corrected chi connectivity index (χ4v) is 0. The Morgan fingerprint density at radius 1 is 1.00 bits per heavy atom. The Kier molecular flexibility index (Phi) is 168. The van der Waals surface area contributed by atoms with Crippen LogP contribution in [-0.2, 0) is 0 Å². The zero-order valence-electron chi connectivity index (χ0n) is 1.93. The van der Waals surface area contributed by atoms with Gasteiger partial charge in [-0.1, -0.05) is 0 Å². The standard InChI is InChI=1S/Ge.In.N.Te. The normalized spacial score (nSPS) is 0. The first-order chi connectivity index (χ1) is 0. The maximum absolute atomic E-state index is 0. The van der Waals surface area contributed by atoms with E-state index >= 15 is 0 Å². The summed E-state index contributed by atoms with van der Waals surface area (Å²) in [5.74, 6) is 0. The van der Waals surface area contributed by atoms with Gasteiger partial charge in [-0.2, -0.15) is 0 Å². The molecule has 0 aromatic rings. The van der Waals surface area contributed by atoms with E-state index in [1.807, 2.05) is 0 Å². The van der Waals surface area contributed by atoms with Crippen molar-refractivity contribution in [2.24, 2.45) is 0 Å². The van der Waals surface area contributed by atoms with Crippen LogP contribution in [0.3, 0.4) is 0 Å². The van der Waals surface area contributed by atoms with Crippen molar-refractivity contribution in [3.05, 3.63) is 0 Å². The van der Waals surface area contributed by atoms with Crippen LogP contribution in [0.5, 0.6) is 0 Å². The predicted molar refractivity (Wildman–Crippen MR) is 19.4 cm³/mol. The first kappa shape index (κ1) is 35.1. The summed E-state index contributed by atoms with van der Waals surface area (Å²) in [4.78, 5) is 0. The van der Waals surface area contributed by atoms with Crippen LogP contribution in [0.4, 0.5) is 0 Å². The summed E-state index contributed by atoms with van der Waals surface area (Å²) >= 11 is 0. The van der Waals surface area contributed by atoms with Crippen LogP contribution < -0.4 is 6.15 Å². The zero-order chi connectivity index (χ0) is 0. The molecular formula is GeInNTe. The predicted octanol–water partition coefficient (Wildman–Crippen LogP) is -1.62. The molecule has 0 aliphatic rings. The second kappa shape index (κ2) is 19.1. The SMILES string of the molecule is [Ge].[In].[N].[Te]. The average molecular weight is 329 g/mol. The molecule has 0 amide bonds. The van der Waals surface area contributed by atoms with Crippen molar-refractivity contribution in [1.29, 1.82) is 0 Å². The maximum Gasteiger partial charge on any atom is 0 e. The third-order valence-corrected chi connectivity index (χ3v) is 0. The molecule has 0 aliphatic heterocycles. The Morgan fingerprint density at radius 3 is 1.00 bits per heavy atom. The minimum absolute atomic E-state index is 0. The first-order valence-electron chi connectivity index (χ1n) is 0. The Balaban J connectivity index is 0. The van der Waals surface area contributed by atoms with Gasteiger partial charge in [0.05, 0.1) is 0 Å². The van der Waals surface area contributed by atoms with Gasteiger partial charge in [-0.25, -0.2) is 0 Å². The Bertz CT molecular complexity index is 8.00. The molecule has 0 spiro atoms. The van der Waals surface area contributed by atoms with Gasteiger partial charge in [0, 0.05) is 73.3 Å². The van der Waals surface area contributed by atoms with E-state index in [-0.39, 0.29) is 73.3 Å². The van der Waals surface area contributed by atoms with E-state index in [0.717, 1.165) is 0 Å². The van der Waals surface area contributed by atoms with Crippen molar-refractivity contribution in [1.82, 2.24) is 6.15 Å². The van der Waals surface area contributed by atoms with Gasteiger partial charge in [0.1, 0.15) is 0 Å². The van der Waals surface area contributed by atoms with Crippen molar-refractivity contribution < 1.29 is 0 Å². The molecule has 4 heteroatoms. The van der Waals surface area contributed by atoms with Crippen LogP contribution in [0, 0.1) is 0 Å². The molecule has 0 saturated carbocycles. The minimum Gasteiger partial charge on any atom is 0 e. The molecule has 0 unspecified atom stereocenters. The van der Waals surface area contributed by atoms with E-state index in [1.165, 1.54) is 0 Å². The van der Waals surface area contributed by atoms with Crippen LogP contribution in [0.25, 0.3) is 0 Å². The maximum atomic E-state index is 0. The molecule has 1 nitrogen and oxygen atoms in total. The number of hydrogen-bond donors (Lipinski definition) is 0.